The zero-order chi connectivity index (χ0) is 11.0. The van der Waals surface area contributed by atoms with Gasteiger partial charge in [-0.15, -0.1) is 0 Å². The minimum atomic E-state index is 0.515. The molecule has 0 saturated heterocycles. The van der Waals surface area contributed by atoms with Gasteiger partial charge in [0.15, 0.2) is 0 Å². The van der Waals surface area contributed by atoms with Gasteiger partial charge in [0.05, 0.1) is 6.54 Å². The van der Waals surface area contributed by atoms with Gasteiger partial charge < -0.3 is 10.3 Å². The van der Waals surface area contributed by atoms with Crippen molar-refractivity contribution in [2.45, 2.75) is 25.4 Å². The Bertz CT molecular complexity index is 501. The molecule has 1 aromatic heterocycles. The van der Waals surface area contributed by atoms with Gasteiger partial charge >= 0.3 is 0 Å². The lowest BCUT2D eigenvalue weighted by molar-refractivity contribution is 0.496. The summed E-state index contributed by atoms with van der Waals surface area (Å²) in [5.74, 6) is 1.61. The zero-order valence-corrected chi connectivity index (χ0v) is 9.13. The lowest BCUT2D eigenvalue weighted by Crippen LogP contribution is -2.23. The first kappa shape index (κ1) is 9.60. The van der Waals surface area contributed by atoms with Crippen LogP contribution in [0.15, 0.2) is 36.7 Å². The van der Waals surface area contributed by atoms with Crippen molar-refractivity contribution >= 4 is 0 Å². The molecule has 3 nitrogen and oxygen atoms in total. The van der Waals surface area contributed by atoms with Crippen molar-refractivity contribution in [2.75, 3.05) is 0 Å². The molecule has 82 valence electrons. The van der Waals surface area contributed by atoms with Crippen LogP contribution in [0.25, 0.3) is 0 Å². The third-order valence-corrected chi connectivity index (χ3v) is 3.36. The van der Waals surface area contributed by atoms with Crippen LogP contribution in [-0.4, -0.2) is 9.55 Å². The van der Waals surface area contributed by atoms with Crippen LogP contribution in [0.1, 0.15) is 22.9 Å². The van der Waals surface area contributed by atoms with Crippen LogP contribution in [0, 0.1) is 0 Å². The average molecular weight is 213 g/mol. The lowest BCUT2D eigenvalue weighted by Gasteiger charge is -2.30. The van der Waals surface area contributed by atoms with Crippen LogP contribution in [0.5, 0.6) is 0 Å². The van der Waals surface area contributed by atoms with Gasteiger partial charge in [-0.05, 0) is 17.5 Å². The molecule has 2 N–H and O–H groups in total. The first-order valence-corrected chi connectivity index (χ1v) is 5.66. The van der Waals surface area contributed by atoms with E-state index < -0.39 is 0 Å². The molecule has 0 fully saturated rings. The van der Waals surface area contributed by atoms with E-state index in [4.69, 9.17) is 5.73 Å². The number of aromatic nitrogens is 2. The molecule has 2 aromatic rings. The highest BCUT2D eigenvalue weighted by Crippen LogP contribution is 2.35. The van der Waals surface area contributed by atoms with E-state index in [1.165, 1.54) is 17.5 Å². The molecule has 1 aromatic carbocycles. The molecule has 1 heterocycles. The third kappa shape index (κ3) is 1.44. The molecule has 3 rings (SSSR count). The second-order valence-corrected chi connectivity index (χ2v) is 4.30. The van der Waals surface area contributed by atoms with E-state index in [0.29, 0.717) is 12.5 Å². The molecule has 16 heavy (non-hydrogen) atoms. The number of fused-ring (bicyclic) bond motifs is 1. The fraction of sp³-hybridized carbons (Fsp3) is 0.308. The number of hydrogen-bond donors (Lipinski definition) is 1. The lowest BCUT2D eigenvalue weighted by atomic mass is 9.77. The summed E-state index contributed by atoms with van der Waals surface area (Å²) in [5.41, 5.74) is 8.61. The summed E-state index contributed by atoms with van der Waals surface area (Å²) in [6.45, 7) is 1.52. The molecule has 1 unspecified atom stereocenters. The number of rotatable bonds is 3. The fourth-order valence-electron chi connectivity index (χ4n) is 2.46. The van der Waals surface area contributed by atoms with Crippen molar-refractivity contribution in [1.29, 1.82) is 0 Å². The predicted octanol–water partition coefficient (Wildman–Crippen LogP) is 1.68. The summed E-state index contributed by atoms with van der Waals surface area (Å²) in [6, 6.07) is 8.66. The summed E-state index contributed by atoms with van der Waals surface area (Å²) in [7, 11) is 0. The summed E-state index contributed by atoms with van der Waals surface area (Å²) >= 11 is 0. The van der Waals surface area contributed by atoms with Crippen molar-refractivity contribution in [1.82, 2.24) is 9.55 Å². The highest BCUT2D eigenvalue weighted by molar-refractivity contribution is 5.39. The minimum absolute atomic E-state index is 0.515. The smallest absolute Gasteiger partial charge is 0.122 e. The van der Waals surface area contributed by atoms with Gasteiger partial charge in [0.2, 0.25) is 0 Å². The maximum Gasteiger partial charge on any atom is 0.122 e. The number of benzene rings is 1. The van der Waals surface area contributed by atoms with E-state index in [9.17, 15) is 0 Å². The Kier molecular flexibility index (Phi) is 2.26. The minimum Gasteiger partial charge on any atom is -0.333 e. The van der Waals surface area contributed by atoms with E-state index in [1.807, 2.05) is 12.4 Å². The van der Waals surface area contributed by atoms with Crippen molar-refractivity contribution < 1.29 is 0 Å². The highest BCUT2D eigenvalue weighted by atomic mass is 15.1. The van der Waals surface area contributed by atoms with E-state index in [1.54, 1.807) is 0 Å². The summed E-state index contributed by atoms with van der Waals surface area (Å²) in [5, 5.41) is 0. The van der Waals surface area contributed by atoms with Gasteiger partial charge in [-0.1, -0.05) is 24.3 Å². The van der Waals surface area contributed by atoms with E-state index in [-0.39, 0.29) is 0 Å². The van der Waals surface area contributed by atoms with Gasteiger partial charge in [-0.3, -0.25) is 0 Å². The predicted molar refractivity (Wildman–Crippen MR) is 63.0 cm³/mol. The molecule has 3 heteroatoms. The Labute approximate surface area is 94.9 Å². The van der Waals surface area contributed by atoms with Gasteiger partial charge in [0.25, 0.3) is 0 Å². The Morgan fingerprint density at radius 1 is 1.38 bits per heavy atom. The molecule has 1 atom stereocenters. The monoisotopic (exact) mass is 213 g/mol. The maximum atomic E-state index is 5.64. The molecule has 0 aliphatic heterocycles. The van der Waals surface area contributed by atoms with Crippen molar-refractivity contribution in [2.24, 2.45) is 5.73 Å². The number of hydrogen-bond acceptors (Lipinski definition) is 2. The number of nitrogens with two attached hydrogens (primary N) is 1. The first-order chi connectivity index (χ1) is 7.88. The van der Waals surface area contributed by atoms with Crippen LogP contribution in [0.4, 0.5) is 0 Å². The van der Waals surface area contributed by atoms with Crippen LogP contribution in [0.3, 0.4) is 0 Å². The van der Waals surface area contributed by atoms with Crippen molar-refractivity contribution in [3.05, 3.63) is 53.6 Å². The van der Waals surface area contributed by atoms with E-state index in [0.717, 1.165) is 12.4 Å². The molecular formula is C13H15N3. The van der Waals surface area contributed by atoms with Crippen molar-refractivity contribution in [3.8, 4) is 0 Å². The maximum absolute atomic E-state index is 5.64. The van der Waals surface area contributed by atoms with Crippen LogP contribution in [0.2, 0.25) is 0 Å². The second-order valence-electron chi connectivity index (χ2n) is 4.30. The Morgan fingerprint density at radius 3 is 3.06 bits per heavy atom. The average Bonchev–Trinajstić information content (AvgIpc) is 2.73. The molecule has 1 aliphatic rings. The van der Waals surface area contributed by atoms with Gasteiger partial charge in [0.1, 0.15) is 5.82 Å². The SMILES string of the molecule is NCc1nccn1CC1Cc2ccccc21. The molecule has 0 amide bonds. The Balaban J connectivity index is 1.79. The van der Waals surface area contributed by atoms with Crippen molar-refractivity contribution in [3.63, 3.8) is 0 Å². The normalized spacial score (nSPS) is 17.9. The zero-order valence-electron chi connectivity index (χ0n) is 9.13. The van der Waals surface area contributed by atoms with Crippen LogP contribution in [-0.2, 0) is 19.5 Å². The summed E-state index contributed by atoms with van der Waals surface area (Å²) in [6.07, 6.45) is 5.02. The summed E-state index contributed by atoms with van der Waals surface area (Å²) in [4.78, 5) is 4.24. The summed E-state index contributed by atoms with van der Waals surface area (Å²) < 4.78 is 2.17. The van der Waals surface area contributed by atoms with Gasteiger partial charge in [-0.2, -0.15) is 0 Å². The number of nitrogens with zero attached hydrogens (tertiary/aromatic N) is 2. The van der Waals surface area contributed by atoms with Gasteiger partial charge in [-0.25, -0.2) is 4.98 Å². The topological polar surface area (TPSA) is 43.8 Å². The molecule has 1 aliphatic carbocycles. The Morgan fingerprint density at radius 2 is 2.25 bits per heavy atom. The second kappa shape index (κ2) is 3.76. The van der Waals surface area contributed by atoms with Crippen LogP contribution < -0.4 is 5.73 Å². The van der Waals surface area contributed by atoms with E-state index in [2.05, 4.69) is 33.8 Å². The highest BCUT2D eigenvalue weighted by Gasteiger charge is 2.25. The van der Waals surface area contributed by atoms with E-state index >= 15 is 0 Å². The fourth-order valence-corrected chi connectivity index (χ4v) is 2.46. The molecule has 0 bridgehead atoms. The molecule has 0 radical (unpaired) electrons. The quantitative estimate of drug-likeness (QED) is 0.843. The Hall–Kier alpha value is -1.61. The standard InChI is InChI=1S/C13H15N3/c14-8-13-15-5-6-16(13)9-11-7-10-3-1-2-4-12(10)11/h1-6,11H,7-9,14H2. The molecule has 0 spiro atoms. The molecule has 0 saturated carbocycles. The first-order valence-electron chi connectivity index (χ1n) is 5.66. The third-order valence-electron chi connectivity index (χ3n) is 3.36. The largest absolute Gasteiger partial charge is 0.333 e. The van der Waals surface area contributed by atoms with Gasteiger partial charge in [0, 0.05) is 24.9 Å². The van der Waals surface area contributed by atoms with Crippen LogP contribution >= 0.6 is 0 Å². The number of imidazole rings is 1. The molecular weight excluding hydrogens is 198 g/mol.